The van der Waals surface area contributed by atoms with E-state index < -0.39 is 20.8 Å². The van der Waals surface area contributed by atoms with Crippen LogP contribution in [0.3, 0.4) is 0 Å². The summed E-state index contributed by atoms with van der Waals surface area (Å²) in [5.74, 6) is 0. The molecule has 0 aromatic carbocycles. The zero-order valence-corrected chi connectivity index (χ0v) is 10.1. The van der Waals surface area contributed by atoms with E-state index in [4.69, 9.17) is 35.0 Å². The summed E-state index contributed by atoms with van der Waals surface area (Å²) in [5.41, 5.74) is 0. The van der Waals surface area contributed by atoms with Crippen molar-refractivity contribution in [1.82, 2.24) is 0 Å². The van der Waals surface area contributed by atoms with E-state index in [9.17, 15) is 0 Å². The maximum absolute atomic E-state index is 8.52. The van der Waals surface area contributed by atoms with Gasteiger partial charge in [-0.15, -0.1) is 0 Å². The molecule has 70 valence electrons. The van der Waals surface area contributed by atoms with Gasteiger partial charge in [-0.1, -0.05) is 0 Å². The van der Waals surface area contributed by atoms with Crippen molar-refractivity contribution in [1.29, 1.82) is 0 Å². The summed E-state index contributed by atoms with van der Waals surface area (Å²) in [6.07, 6.45) is 0. The van der Waals surface area contributed by atoms with E-state index in [0.29, 0.717) is 0 Å². The number of hydrogen-bond donors (Lipinski definition) is 0. The molecule has 0 aromatic rings. The molecule has 0 aliphatic heterocycles. The Morgan fingerprint density at radius 2 is 0.667 bits per heavy atom. The van der Waals surface area contributed by atoms with Gasteiger partial charge < -0.3 is 18.2 Å². The predicted molar refractivity (Wildman–Crippen MR) is 26.7 cm³/mol. The van der Waals surface area contributed by atoms with E-state index in [2.05, 4.69) is 0 Å². The van der Waals surface area contributed by atoms with E-state index in [1.54, 1.807) is 0 Å². The molecule has 0 unspecified atom stereocenters. The summed E-state index contributed by atoms with van der Waals surface area (Å²) < 4.78 is 68.2. The zero-order valence-electron chi connectivity index (χ0n) is 5.14. The predicted octanol–water partition coefficient (Wildman–Crippen LogP) is -3.06. The third-order valence-electron chi connectivity index (χ3n) is 0. The van der Waals surface area contributed by atoms with Gasteiger partial charge in [0.25, 0.3) is 0 Å². The second kappa shape index (κ2) is 9.09. The van der Waals surface area contributed by atoms with Gasteiger partial charge in [-0.2, -0.15) is 0 Å². The van der Waals surface area contributed by atoms with Gasteiger partial charge >= 0.3 is 54.8 Å². The molecule has 0 rings (SSSR count). The van der Waals surface area contributed by atoms with Gasteiger partial charge in [-0.3, -0.25) is 16.8 Å². The Bertz CT molecular complexity index is 213. The molecular weight excluding hydrogens is 288 g/mol. The molecule has 0 saturated carbocycles. The maximum Gasteiger partial charge on any atom is 2.00 e. The molecule has 12 heteroatoms. The molecular formula is CaFeO8S2. The third kappa shape index (κ3) is 552. The van der Waals surface area contributed by atoms with Crippen LogP contribution in [0.15, 0.2) is 0 Å². The van der Waals surface area contributed by atoms with Gasteiger partial charge in [0.1, 0.15) is 0 Å². The molecule has 0 aliphatic carbocycles. The molecule has 0 aromatic heterocycles. The second-order valence-corrected chi connectivity index (χ2v) is 2.45. The van der Waals surface area contributed by atoms with Crippen LogP contribution in [0.25, 0.3) is 0 Å². The average Bonchev–Trinajstić information content (AvgIpc) is 1.12. The van der Waals surface area contributed by atoms with Crippen molar-refractivity contribution in [2.75, 3.05) is 0 Å². The summed E-state index contributed by atoms with van der Waals surface area (Å²) in [4.78, 5) is 0. The molecule has 0 atom stereocenters. The largest absolute Gasteiger partial charge is 2.00 e. The smallest absolute Gasteiger partial charge is 0.759 e. The van der Waals surface area contributed by atoms with Gasteiger partial charge in [0.05, 0.1) is 0 Å². The van der Waals surface area contributed by atoms with E-state index in [-0.39, 0.29) is 54.8 Å². The van der Waals surface area contributed by atoms with Crippen LogP contribution in [0.5, 0.6) is 0 Å². The fraction of sp³-hybridized carbons (Fsp3) is 0. The number of rotatable bonds is 0. The standard InChI is InChI=1S/Ca.Fe.2H2O4S/c;;2*1-5(2,3)4/h;;2*(H2,1,2,3,4)/q2*+2;;/p-4. The van der Waals surface area contributed by atoms with Crippen molar-refractivity contribution in [3.8, 4) is 0 Å². The van der Waals surface area contributed by atoms with E-state index in [0.717, 1.165) is 0 Å². The van der Waals surface area contributed by atoms with Crippen molar-refractivity contribution in [2.45, 2.75) is 0 Å². The Labute approximate surface area is 109 Å². The van der Waals surface area contributed by atoms with Gasteiger partial charge in [0.15, 0.2) is 0 Å². The summed E-state index contributed by atoms with van der Waals surface area (Å²) in [5, 5.41) is 0. The first-order valence-electron chi connectivity index (χ1n) is 1.33. The second-order valence-electron chi connectivity index (χ2n) is 0.816. The zero-order chi connectivity index (χ0) is 9.00. The first kappa shape index (κ1) is 23.4. The molecule has 0 bridgehead atoms. The molecule has 12 heavy (non-hydrogen) atoms. The van der Waals surface area contributed by atoms with Crippen molar-refractivity contribution < 1.29 is 52.1 Å². The molecule has 0 aliphatic rings. The van der Waals surface area contributed by atoms with Gasteiger partial charge in [-0.05, 0) is 0 Å². The average molecular weight is 288 g/mol. The molecule has 0 saturated heterocycles. The molecule has 0 heterocycles. The van der Waals surface area contributed by atoms with Crippen LogP contribution in [-0.2, 0) is 37.9 Å². The topological polar surface area (TPSA) is 161 Å². The molecule has 0 radical (unpaired) electrons. The summed E-state index contributed by atoms with van der Waals surface area (Å²) in [6.45, 7) is 0. The Morgan fingerprint density at radius 3 is 0.667 bits per heavy atom. The third-order valence-corrected chi connectivity index (χ3v) is 0. The first-order valence-corrected chi connectivity index (χ1v) is 4.00. The Balaban J connectivity index is -0.0000000457. The summed E-state index contributed by atoms with van der Waals surface area (Å²) in [6, 6.07) is 0. The van der Waals surface area contributed by atoms with Crippen LogP contribution in [0.1, 0.15) is 0 Å². The summed E-state index contributed by atoms with van der Waals surface area (Å²) >= 11 is 0. The molecule has 0 N–H and O–H groups in total. The molecule has 8 nitrogen and oxygen atoms in total. The van der Waals surface area contributed by atoms with Crippen molar-refractivity contribution in [3.05, 3.63) is 0 Å². The first-order chi connectivity index (χ1) is 4.00. The minimum Gasteiger partial charge on any atom is -0.759 e. The van der Waals surface area contributed by atoms with Crippen molar-refractivity contribution in [2.24, 2.45) is 0 Å². The Hall–Kier alpha value is 1.52. The Morgan fingerprint density at radius 1 is 0.667 bits per heavy atom. The number of hydrogen-bond acceptors (Lipinski definition) is 8. The minimum absolute atomic E-state index is 0. The fourth-order valence-corrected chi connectivity index (χ4v) is 0. The van der Waals surface area contributed by atoms with E-state index in [1.807, 2.05) is 0 Å². The van der Waals surface area contributed by atoms with Crippen LogP contribution in [0, 0.1) is 0 Å². The van der Waals surface area contributed by atoms with E-state index >= 15 is 0 Å². The Kier molecular flexibility index (Phi) is 17.7. The molecule has 0 amide bonds. The van der Waals surface area contributed by atoms with Crippen LogP contribution in [0.4, 0.5) is 0 Å². The van der Waals surface area contributed by atoms with Crippen LogP contribution in [-0.4, -0.2) is 72.8 Å². The van der Waals surface area contributed by atoms with Crippen molar-refractivity contribution >= 4 is 58.5 Å². The van der Waals surface area contributed by atoms with Crippen molar-refractivity contribution in [3.63, 3.8) is 0 Å². The SMILES string of the molecule is O=S(=O)([O-])[O-].O=S(=O)([O-])[O-].[Ca+2].[Fe+2]. The van der Waals surface area contributed by atoms with Crippen LogP contribution < -0.4 is 0 Å². The minimum atomic E-state index is -5.17. The maximum atomic E-state index is 8.52. The molecule has 0 spiro atoms. The monoisotopic (exact) mass is 288 g/mol. The summed E-state index contributed by atoms with van der Waals surface area (Å²) in [7, 11) is -10.3. The van der Waals surface area contributed by atoms with Gasteiger partial charge in [-0.25, -0.2) is 0 Å². The van der Waals surface area contributed by atoms with E-state index in [1.165, 1.54) is 0 Å². The van der Waals surface area contributed by atoms with Gasteiger partial charge in [0.2, 0.25) is 0 Å². The van der Waals surface area contributed by atoms with Crippen LogP contribution in [0.2, 0.25) is 0 Å². The quantitative estimate of drug-likeness (QED) is 0.258. The van der Waals surface area contributed by atoms with Crippen LogP contribution >= 0.6 is 0 Å². The molecule has 0 fully saturated rings. The van der Waals surface area contributed by atoms with Gasteiger partial charge in [0, 0.05) is 20.8 Å². The normalized spacial score (nSPS) is 9.67. The fourth-order valence-electron chi connectivity index (χ4n) is 0.